The van der Waals surface area contributed by atoms with Crippen molar-refractivity contribution in [2.24, 2.45) is 5.92 Å². The number of carbonyl (C=O) groups excluding carboxylic acids is 3. The molecule has 2 aromatic rings. The quantitative estimate of drug-likeness (QED) is 0.686. The van der Waals surface area contributed by atoms with Gasteiger partial charge < -0.3 is 20.3 Å². The topological polar surface area (TPSA) is 106 Å². The number of benzene rings is 1. The van der Waals surface area contributed by atoms with Gasteiger partial charge in [0.1, 0.15) is 18.9 Å². The summed E-state index contributed by atoms with van der Waals surface area (Å²) < 4.78 is 7.50. The number of nitrogens with zero attached hydrogens (tertiary/aromatic N) is 3. The summed E-state index contributed by atoms with van der Waals surface area (Å²) >= 11 is 6.11. The second-order valence-corrected chi connectivity index (χ2v) is 9.26. The summed E-state index contributed by atoms with van der Waals surface area (Å²) in [5.74, 6) is 0.00938. The van der Waals surface area contributed by atoms with Gasteiger partial charge in [-0.1, -0.05) is 25.4 Å². The fourth-order valence-electron chi connectivity index (χ4n) is 3.83. The van der Waals surface area contributed by atoms with Gasteiger partial charge in [0.25, 0.3) is 5.91 Å². The summed E-state index contributed by atoms with van der Waals surface area (Å²) in [7, 11) is 0. The van der Waals surface area contributed by atoms with Crippen molar-refractivity contribution in [2.45, 2.75) is 45.7 Å². The van der Waals surface area contributed by atoms with E-state index in [-0.39, 0.29) is 43.5 Å². The van der Waals surface area contributed by atoms with E-state index in [9.17, 15) is 14.4 Å². The summed E-state index contributed by atoms with van der Waals surface area (Å²) in [5.41, 5.74) is 0.355. The van der Waals surface area contributed by atoms with Crippen LogP contribution < -0.4 is 15.4 Å². The fraction of sp³-hybridized carbons (Fsp3) is 0.500. The Bertz CT molecular complexity index is 980. The number of nitrogens with one attached hydrogen (secondary N) is 2. The molecule has 0 bridgehead atoms. The lowest BCUT2D eigenvalue weighted by molar-refractivity contribution is -0.137. The predicted molar refractivity (Wildman–Crippen MR) is 129 cm³/mol. The average Bonchev–Trinajstić information content (AvgIpc) is 3.28. The first-order chi connectivity index (χ1) is 16.3. The largest absolute Gasteiger partial charge is 0.491 e. The Kier molecular flexibility index (Phi) is 9.33. The highest BCUT2D eigenvalue weighted by molar-refractivity contribution is 6.31. The zero-order valence-electron chi connectivity index (χ0n) is 19.6. The number of hydrogen-bond acceptors (Lipinski definition) is 5. The Morgan fingerprint density at radius 3 is 2.85 bits per heavy atom. The minimum absolute atomic E-state index is 0.0484. The van der Waals surface area contributed by atoms with E-state index >= 15 is 0 Å². The minimum Gasteiger partial charge on any atom is -0.491 e. The molecule has 1 aliphatic rings. The molecule has 0 spiro atoms. The van der Waals surface area contributed by atoms with Crippen LogP contribution in [-0.2, 0) is 16.1 Å². The molecule has 2 heterocycles. The Hall–Kier alpha value is -3.07. The van der Waals surface area contributed by atoms with Gasteiger partial charge in [0, 0.05) is 30.5 Å². The van der Waals surface area contributed by atoms with Crippen LogP contribution in [0.2, 0.25) is 5.02 Å². The van der Waals surface area contributed by atoms with Crippen molar-refractivity contribution in [1.29, 1.82) is 0 Å². The predicted octanol–water partition coefficient (Wildman–Crippen LogP) is 2.50. The van der Waals surface area contributed by atoms with Crippen molar-refractivity contribution in [2.75, 3.05) is 26.2 Å². The first kappa shape index (κ1) is 25.6. The molecule has 3 amide bonds. The number of aromatic nitrogens is 2. The zero-order valence-corrected chi connectivity index (χ0v) is 20.4. The van der Waals surface area contributed by atoms with E-state index in [2.05, 4.69) is 29.6 Å². The molecule has 3 rings (SSSR count). The first-order valence-corrected chi connectivity index (χ1v) is 11.9. The summed E-state index contributed by atoms with van der Waals surface area (Å²) in [6.07, 6.45) is 5.28. The summed E-state index contributed by atoms with van der Waals surface area (Å²) in [6, 6.07) is 6.37. The van der Waals surface area contributed by atoms with Gasteiger partial charge >= 0.3 is 0 Å². The highest BCUT2D eigenvalue weighted by Crippen LogP contribution is 2.23. The Labute approximate surface area is 204 Å². The van der Waals surface area contributed by atoms with Crippen LogP contribution in [0, 0.1) is 5.92 Å². The Morgan fingerprint density at radius 2 is 2.12 bits per heavy atom. The van der Waals surface area contributed by atoms with Gasteiger partial charge in [0.05, 0.1) is 18.2 Å². The standard InChI is InChI=1S/C24H32ClN5O4/c1-17(2)12-19-16-34-21-7-6-18(25)13-20(21)24(33)26-8-3-4-10-29(14-22(31)28-19)23(32)15-30-11-5-9-27-30/h5-7,9,11,13,17,19H,3-4,8,10,12,14-16H2,1-2H3,(H,26,33)(H,28,31)/t19-/m0/s1. The van der Waals surface area contributed by atoms with Crippen molar-refractivity contribution >= 4 is 29.3 Å². The monoisotopic (exact) mass is 489 g/mol. The van der Waals surface area contributed by atoms with Crippen LogP contribution in [0.5, 0.6) is 5.75 Å². The maximum Gasteiger partial charge on any atom is 0.255 e. The highest BCUT2D eigenvalue weighted by Gasteiger charge is 2.22. The third-order valence-corrected chi connectivity index (χ3v) is 5.67. The third-order valence-electron chi connectivity index (χ3n) is 5.43. The van der Waals surface area contributed by atoms with Gasteiger partial charge in [0.15, 0.2) is 0 Å². The van der Waals surface area contributed by atoms with E-state index in [1.807, 2.05) is 0 Å². The maximum atomic E-state index is 12.9. The molecule has 1 aromatic heterocycles. The van der Waals surface area contributed by atoms with E-state index < -0.39 is 0 Å². The molecule has 34 heavy (non-hydrogen) atoms. The number of ether oxygens (including phenoxy) is 1. The van der Waals surface area contributed by atoms with E-state index in [4.69, 9.17) is 16.3 Å². The van der Waals surface area contributed by atoms with E-state index in [0.717, 1.165) is 0 Å². The molecule has 2 N–H and O–H groups in total. The van der Waals surface area contributed by atoms with Gasteiger partial charge in [-0.2, -0.15) is 5.10 Å². The molecule has 0 unspecified atom stereocenters. The van der Waals surface area contributed by atoms with Crippen molar-refractivity contribution in [1.82, 2.24) is 25.3 Å². The fourth-order valence-corrected chi connectivity index (χ4v) is 4.00. The van der Waals surface area contributed by atoms with Crippen LogP contribution in [0.25, 0.3) is 0 Å². The Balaban J connectivity index is 1.78. The van der Waals surface area contributed by atoms with Gasteiger partial charge in [-0.25, -0.2) is 0 Å². The molecule has 1 atom stereocenters. The third kappa shape index (κ3) is 7.76. The molecule has 0 saturated heterocycles. The lowest BCUT2D eigenvalue weighted by Gasteiger charge is -2.25. The number of amides is 3. The van der Waals surface area contributed by atoms with Crippen molar-refractivity contribution in [3.8, 4) is 5.75 Å². The first-order valence-electron chi connectivity index (χ1n) is 11.6. The molecule has 0 aliphatic carbocycles. The highest BCUT2D eigenvalue weighted by atomic mass is 35.5. The van der Waals surface area contributed by atoms with Crippen LogP contribution in [-0.4, -0.2) is 64.7 Å². The normalized spacial score (nSPS) is 18.2. The average molecular weight is 490 g/mol. The molecule has 9 nitrogen and oxygen atoms in total. The van der Waals surface area contributed by atoms with Gasteiger partial charge in [-0.05, 0) is 49.4 Å². The zero-order chi connectivity index (χ0) is 24.5. The van der Waals surface area contributed by atoms with Crippen LogP contribution in [0.4, 0.5) is 0 Å². The van der Waals surface area contributed by atoms with Crippen molar-refractivity contribution in [3.05, 3.63) is 47.2 Å². The van der Waals surface area contributed by atoms with Crippen molar-refractivity contribution in [3.63, 3.8) is 0 Å². The maximum absolute atomic E-state index is 12.9. The lowest BCUT2D eigenvalue weighted by Crippen LogP contribution is -2.47. The van der Waals surface area contributed by atoms with Crippen LogP contribution in [0.3, 0.4) is 0 Å². The van der Waals surface area contributed by atoms with Gasteiger partial charge in [-0.3, -0.25) is 19.1 Å². The molecule has 0 fully saturated rings. The number of rotatable bonds is 4. The molecule has 0 radical (unpaired) electrons. The molecule has 10 heteroatoms. The van der Waals surface area contributed by atoms with E-state index in [1.54, 1.807) is 41.6 Å². The van der Waals surface area contributed by atoms with Gasteiger partial charge in [0.2, 0.25) is 11.8 Å². The summed E-state index contributed by atoms with van der Waals surface area (Å²) in [4.78, 5) is 40.1. The number of fused-ring (bicyclic) bond motifs is 1. The lowest BCUT2D eigenvalue weighted by atomic mass is 10.0. The molecule has 1 aromatic carbocycles. The van der Waals surface area contributed by atoms with Crippen molar-refractivity contribution < 1.29 is 19.1 Å². The van der Waals surface area contributed by atoms with Gasteiger partial charge in [-0.15, -0.1) is 0 Å². The molecule has 0 saturated carbocycles. The van der Waals surface area contributed by atoms with Crippen LogP contribution >= 0.6 is 11.6 Å². The molecule has 184 valence electrons. The van der Waals surface area contributed by atoms with Crippen LogP contribution in [0.15, 0.2) is 36.7 Å². The van der Waals surface area contributed by atoms with E-state index in [1.165, 1.54) is 4.68 Å². The summed E-state index contributed by atoms with van der Waals surface area (Å²) in [5, 5.41) is 10.4. The SMILES string of the molecule is CC(C)C[C@H]1COc2ccc(Cl)cc2C(=O)NCCCCN(C(=O)Cn2cccn2)CC(=O)N1. The summed E-state index contributed by atoms with van der Waals surface area (Å²) in [6.45, 7) is 5.14. The number of hydrogen-bond donors (Lipinski definition) is 2. The second-order valence-electron chi connectivity index (χ2n) is 8.83. The number of halogens is 1. The number of carbonyl (C=O) groups is 3. The minimum atomic E-state index is -0.285. The van der Waals surface area contributed by atoms with E-state index in [0.29, 0.717) is 54.6 Å². The smallest absolute Gasteiger partial charge is 0.255 e. The molecular weight excluding hydrogens is 458 g/mol. The Morgan fingerprint density at radius 1 is 1.29 bits per heavy atom. The molecule has 1 aliphatic heterocycles. The second kappa shape index (κ2) is 12.4. The van der Waals surface area contributed by atoms with Crippen LogP contribution in [0.1, 0.15) is 43.5 Å². The molecular formula is C24H32ClN5O4.